The van der Waals surface area contributed by atoms with E-state index in [0.717, 1.165) is 30.7 Å². The summed E-state index contributed by atoms with van der Waals surface area (Å²) in [5.74, 6) is 0. The third-order valence-electron chi connectivity index (χ3n) is 3.63. The van der Waals surface area contributed by atoms with Gasteiger partial charge in [-0.2, -0.15) is 0 Å². The molecule has 0 bridgehead atoms. The summed E-state index contributed by atoms with van der Waals surface area (Å²) in [4.78, 5) is 17.6. The largest absolute Gasteiger partial charge is 0.319 e. The summed E-state index contributed by atoms with van der Waals surface area (Å²) in [5.41, 5.74) is 0. The summed E-state index contributed by atoms with van der Waals surface area (Å²) in [6.45, 7) is 6.17. The fourth-order valence-corrected chi connectivity index (χ4v) is 4.32. The Bertz CT molecular complexity index is 473. The molecule has 1 aromatic heterocycles. The predicted molar refractivity (Wildman–Crippen MR) is 94.4 cm³/mol. The van der Waals surface area contributed by atoms with Gasteiger partial charge in [-0.1, -0.05) is 65.2 Å². The van der Waals surface area contributed by atoms with Crippen LogP contribution in [0, 0.1) is 0 Å². The van der Waals surface area contributed by atoms with Crippen LogP contribution in [0.15, 0.2) is 9.79 Å². The second-order valence-electron chi connectivity index (χ2n) is 5.58. The molecule has 3 nitrogen and oxygen atoms in total. The van der Waals surface area contributed by atoms with Crippen LogP contribution in [0.25, 0.3) is 0 Å². The van der Waals surface area contributed by atoms with Gasteiger partial charge in [-0.15, -0.1) is 0 Å². The minimum absolute atomic E-state index is 0.167. The third kappa shape index (κ3) is 7.96. The van der Waals surface area contributed by atoms with E-state index in [1.807, 2.05) is 4.57 Å². The number of unbranched alkanes of at least 4 members (excludes halogenated alkanes) is 8. The smallest absolute Gasteiger partial charge is 0.275 e. The molecule has 0 saturated carbocycles. The van der Waals surface area contributed by atoms with Gasteiger partial charge < -0.3 is 0 Å². The lowest BCUT2D eigenvalue weighted by molar-refractivity contribution is 0.552. The van der Waals surface area contributed by atoms with E-state index in [4.69, 9.17) is 0 Å². The van der Waals surface area contributed by atoms with Crippen LogP contribution < -0.4 is 9.67 Å². The maximum Gasteiger partial charge on any atom is 0.319 e. The van der Waals surface area contributed by atoms with Gasteiger partial charge in [0.1, 0.15) is 0 Å². The minimum Gasteiger partial charge on any atom is -0.275 e. The van der Waals surface area contributed by atoms with E-state index in [9.17, 15) is 4.79 Å². The highest BCUT2D eigenvalue weighted by atomic mass is 32.9. The molecule has 122 valence electrons. The lowest BCUT2D eigenvalue weighted by Crippen LogP contribution is -2.25. The van der Waals surface area contributed by atoms with Crippen molar-refractivity contribution in [3.05, 3.63) is 14.5 Å². The van der Waals surface area contributed by atoms with Crippen LogP contribution in [-0.2, 0) is 6.54 Å². The van der Waals surface area contributed by atoms with E-state index in [-0.39, 0.29) is 4.87 Å². The highest BCUT2D eigenvalue weighted by Gasteiger charge is 2.02. The first-order valence-corrected chi connectivity index (χ1v) is 10.6. The molecule has 0 amide bonds. The molecule has 1 rings (SSSR count). The molecule has 0 atom stereocenters. The molecule has 1 aromatic rings. The molecule has 0 aromatic carbocycles. The molecule has 0 aliphatic carbocycles. The number of hydrogen-bond acceptors (Lipinski definition) is 4. The van der Waals surface area contributed by atoms with Gasteiger partial charge in [-0.25, -0.2) is 0 Å². The van der Waals surface area contributed by atoms with E-state index in [1.54, 1.807) is 0 Å². The zero-order valence-corrected chi connectivity index (χ0v) is 15.2. The van der Waals surface area contributed by atoms with Crippen molar-refractivity contribution >= 4 is 20.7 Å². The molecule has 0 spiro atoms. The van der Waals surface area contributed by atoms with Gasteiger partial charge in [0.2, 0.25) is 0 Å². The average Bonchev–Trinajstić information content (AvgIpc) is 2.83. The molecule has 21 heavy (non-hydrogen) atoms. The summed E-state index contributed by atoms with van der Waals surface area (Å²) >= 11 is 0. The van der Waals surface area contributed by atoms with Gasteiger partial charge in [0, 0.05) is 13.1 Å². The van der Waals surface area contributed by atoms with Crippen LogP contribution in [0.5, 0.6) is 0 Å². The summed E-state index contributed by atoms with van der Waals surface area (Å²) in [6, 6.07) is 0. The van der Waals surface area contributed by atoms with Crippen molar-refractivity contribution in [3.63, 3.8) is 0 Å². The fraction of sp³-hybridized carbons (Fsp3) is 0.875. The van der Waals surface area contributed by atoms with Crippen molar-refractivity contribution in [1.82, 2.24) is 4.57 Å². The number of rotatable bonds is 12. The molecule has 1 heterocycles. The second-order valence-corrected chi connectivity index (χ2v) is 7.62. The van der Waals surface area contributed by atoms with Crippen molar-refractivity contribution < 1.29 is 0 Å². The Balaban J connectivity index is 2.38. The Morgan fingerprint density at radius 1 is 0.857 bits per heavy atom. The minimum atomic E-state index is 0.167. The van der Waals surface area contributed by atoms with Crippen molar-refractivity contribution in [2.75, 3.05) is 6.54 Å². The molecule has 0 aliphatic heterocycles. The molecule has 0 saturated heterocycles. The monoisotopic (exact) mass is 330 g/mol. The third-order valence-corrected chi connectivity index (χ3v) is 5.70. The van der Waals surface area contributed by atoms with Crippen LogP contribution in [-0.4, -0.2) is 11.1 Å². The molecule has 0 radical (unpaired) electrons. The molecular weight excluding hydrogens is 300 g/mol. The van der Waals surface area contributed by atoms with Crippen molar-refractivity contribution in [3.8, 4) is 0 Å². The van der Waals surface area contributed by atoms with Crippen molar-refractivity contribution in [1.29, 1.82) is 0 Å². The molecule has 0 fully saturated rings. The Morgan fingerprint density at radius 2 is 1.48 bits per heavy atom. The van der Waals surface area contributed by atoms with Crippen LogP contribution >= 0.6 is 20.7 Å². The normalized spacial score (nSPS) is 12.2. The molecule has 0 aliphatic rings. The Labute approximate surface area is 136 Å². The van der Waals surface area contributed by atoms with E-state index < -0.39 is 0 Å². The summed E-state index contributed by atoms with van der Waals surface area (Å²) in [6.07, 6.45) is 12.5. The Morgan fingerprint density at radius 3 is 2.14 bits per heavy atom. The highest BCUT2D eigenvalue weighted by molar-refractivity contribution is 7.67. The van der Waals surface area contributed by atoms with Crippen LogP contribution in [0.4, 0.5) is 0 Å². The first-order valence-electron chi connectivity index (χ1n) is 8.50. The first kappa shape index (κ1) is 18.6. The Hall–Kier alpha value is -0.420. The van der Waals surface area contributed by atoms with Crippen LogP contribution in [0.1, 0.15) is 78.1 Å². The molecular formula is C16H30N2OS2. The Kier molecular flexibility index (Phi) is 10.8. The van der Waals surface area contributed by atoms with Crippen LogP contribution in [0.3, 0.4) is 0 Å². The van der Waals surface area contributed by atoms with E-state index in [1.165, 1.54) is 72.0 Å². The quantitative estimate of drug-likeness (QED) is 0.400. The first-order chi connectivity index (χ1) is 10.3. The molecule has 5 heteroatoms. The van der Waals surface area contributed by atoms with E-state index in [2.05, 4.69) is 18.8 Å². The second kappa shape index (κ2) is 12.2. The lowest BCUT2D eigenvalue weighted by atomic mass is 10.1. The van der Waals surface area contributed by atoms with E-state index in [0.29, 0.717) is 0 Å². The standard InChI is InChI=1S/C16H30N2OS2/c1-3-5-7-9-11-13-17-15-18(16(19)21-20-15)14-12-10-8-6-4-2/h3-14H2,1-2H3. The van der Waals surface area contributed by atoms with Crippen molar-refractivity contribution in [2.45, 2.75) is 84.6 Å². The number of nitrogens with zero attached hydrogens (tertiary/aromatic N) is 2. The van der Waals surface area contributed by atoms with Crippen LogP contribution in [0.2, 0.25) is 0 Å². The summed E-state index contributed by atoms with van der Waals surface area (Å²) in [5, 5.41) is 0. The van der Waals surface area contributed by atoms with Gasteiger partial charge in [-0.05, 0) is 33.5 Å². The van der Waals surface area contributed by atoms with Gasteiger partial charge in [0.25, 0.3) is 0 Å². The SMILES string of the molecule is CCCCCCCN=c1ssc(=O)n1CCCCCCC. The van der Waals surface area contributed by atoms with Gasteiger partial charge in [0.15, 0.2) is 4.80 Å². The maximum absolute atomic E-state index is 11.9. The zero-order chi connectivity index (χ0) is 15.3. The number of aromatic nitrogens is 1. The lowest BCUT2D eigenvalue weighted by Gasteiger charge is -2.01. The van der Waals surface area contributed by atoms with Crippen molar-refractivity contribution in [2.24, 2.45) is 4.99 Å². The summed E-state index contributed by atoms with van der Waals surface area (Å²) in [7, 11) is 2.86. The van der Waals surface area contributed by atoms with E-state index >= 15 is 0 Å². The maximum atomic E-state index is 11.9. The van der Waals surface area contributed by atoms with Gasteiger partial charge >= 0.3 is 4.87 Å². The average molecular weight is 331 g/mol. The fourth-order valence-electron chi connectivity index (χ4n) is 2.30. The van der Waals surface area contributed by atoms with Gasteiger partial charge in [0.05, 0.1) is 0 Å². The topological polar surface area (TPSA) is 34.4 Å². The molecule has 0 N–H and O–H groups in total. The highest BCUT2D eigenvalue weighted by Crippen LogP contribution is 2.04. The number of hydrogen-bond donors (Lipinski definition) is 0. The summed E-state index contributed by atoms with van der Waals surface area (Å²) < 4.78 is 1.88. The predicted octanol–water partition coefficient (Wildman–Crippen LogP) is 4.81. The van der Waals surface area contributed by atoms with Gasteiger partial charge in [-0.3, -0.25) is 14.4 Å². The molecule has 0 unspecified atom stereocenters. The zero-order valence-electron chi connectivity index (χ0n) is 13.6.